The summed E-state index contributed by atoms with van der Waals surface area (Å²) < 4.78 is 0. The first-order valence-corrected chi connectivity index (χ1v) is 7.09. The molecule has 0 amide bonds. The lowest BCUT2D eigenvalue weighted by molar-refractivity contribution is 0.739. The molecule has 2 aromatic rings. The van der Waals surface area contributed by atoms with E-state index in [1.165, 1.54) is 11.1 Å². The predicted octanol–water partition coefficient (Wildman–Crippen LogP) is 3.17. The zero-order valence-electron chi connectivity index (χ0n) is 10.7. The molecule has 0 fully saturated rings. The van der Waals surface area contributed by atoms with Gasteiger partial charge < -0.3 is 4.90 Å². The van der Waals surface area contributed by atoms with Crippen molar-refractivity contribution < 1.29 is 0 Å². The van der Waals surface area contributed by atoms with Crippen molar-refractivity contribution in [3.63, 3.8) is 0 Å². The average Bonchev–Trinajstić information content (AvgIpc) is 2.69. The van der Waals surface area contributed by atoms with Crippen molar-refractivity contribution in [2.24, 2.45) is 0 Å². The Morgan fingerprint density at radius 3 is 2.58 bits per heavy atom. The summed E-state index contributed by atoms with van der Waals surface area (Å²) in [6.45, 7) is 1.88. The highest BCUT2D eigenvalue weighted by Gasteiger charge is 2.16. The van der Waals surface area contributed by atoms with Gasteiger partial charge in [0, 0.05) is 31.0 Å². The molecule has 3 rings (SSSR count). The molecular formula is C15H16ClN3. The number of aromatic nitrogens is 2. The molecule has 1 aliphatic rings. The zero-order valence-corrected chi connectivity index (χ0v) is 11.5. The normalized spacial score (nSPS) is 14.9. The van der Waals surface area contributed by atoms with Gasteiger partial charge in [-0.3, -0.25) is 0 Å². The zero-order chi connectivity index (χ0) is 13.1. The van der Waals surface area contributed by atoms with Crippen LogP contribution in [0.5, 0.6) is 0 Å². The van der Waals surface area contributed by atoms with Gasteiger partial charge in [0.15, 0.2) is 0 Å². The van der Waals surface area contributed by atoms with E-state index in [-0.39, 0.29) is 0 Å². The van der Waals surface area contributed by atoms with E-state index in [4.69, 9.17) is 11.6 Å². The summed E-state index contributed by atoms with van der Waals surface area (Å²) >= 11 is 5.76. The summed E-state index contributed by atoms with van der Waals surface area (Å²) in [7, 11) is 0. The van der Waals surface area contributed by atoms with Crippen LogP contribution in [0.25, 0.3) is 0 Å². The summed E-state index contributed by atoms with van der Waals surface area (Å²) in [5, 5.41) is 0. The molecule has 2 heterocycles. The first kappa shape index (κ1) is 12.4. The molecule has 0 bridgehead atoms. The predicted molar refractivity (Wildman–Crippen MR) is 77.4 cm³/mol. The number of fused-ring (bicyclic) bond motifs is 1. The Hall–Kier alpha value is -1.61. The van der Waals surface area contributed by atoms with Crippen molar-refractivity contribution in [2.75, 3.05) is 11.4 Å². The third-order valence-corrected chi connectivity index (χ3v) is 3.79. The van der Waals surface area contributed by atoms with Crippen LogP contribution >= 0.6 is 11.6 Å². The maximum atomic E-state index is 5.76. The SMILES string of the molecule is ClCc1cnc(N2CCCc3ccccc3C2)nc1. The van der Waals surface area contributed by atoms with E-state index in [0.29, 0.717) is 5.88 Å². The molecule has 0 unspecified atom stereocenters. The summed E-state index contributed by atoms with van der Waals surface area (Å²) in [5.74, 6) is 1.26. The smallest absolute Gasteiger partial charge is 0.225 e. The fourth-order valence-corrected chi connectivity index (χ4v) is 2.59. The lowest BCUT2D eigenvalue weighted by Crippen LogP contribution is -2.24. The molecule has 3 nitrogen and oxygen atoms in total. The van der Waals surface area contributed by atoms with Crippen molar-refractivity contribution in [3.8, 4) is 0 Å². The molecule has 0 radical (unpaired) electrons. The number of hydrogen-bond donors (Lipinski definition) is 0. The van der Waals surface area contributed by atoms with Crippen molar-refractivity contribution in [2.45, 2.75) is 25.3 Å². The van der Waals surface area contributed by atoms with Gasteiger partial charge in [0.05, 0.1) is 5.88 Å². The molecule has 0 atom stereocenters. The van der Waals surface area contributed by atoms with E-state index >= 15 is 0 Å². The number of rotatable bonds is 2. The highest BCUT2D eigenvalue weighted by Crippen LogP contribution is 2.21. The Morgan fingerprint density at radius 2 is 1.84 bits per heavy atom. The Kier molecular flexibility index (Phi) is 3.65. The number of alkyl halides is 1. The monoisotopic (exact) mass is 273 g/mol. The second-order valence-corrected chi connectivity index (χ2v) is 5.09. The summed E-state index contributed by atoms with van der Waals surface area (Å²) in [5.41, 5.74) is 3.79. The minimum Gasteiger partial charge on any atom is -0.336 e. The minimum atomic E-state index is 0.461. The summed E-state index contributed by atoms with van der Waals surface area (Å²) in [6, 6.07) is 8.62. The van der Waals surface area contributed by atoms with Crippen LogP contribution in [0, 0.1) is 0 Å². The third kappa shape index (κ3) is 2.71. The van der Waals surface area contributed by atoms with E-state index in [2.05, 4.69) is 39.1 Å². The summed E-state index contributed by atoms with van der Waals surface area (Å²) in [6.07, 6.45) is 5.89. The van der Waals surface area contributed by atoms with Crippen LogP contribution in [0.15, 0.2) is 36.7 Å². The van der Waals surface area contributed by atoms with E-state index in [9.17, 15) is 0 Å². The molecule has 1 aliphatic heterocycles. The second kappa shape index (κ2) is 5.57. The van der Waals surface area contributed by atoms with Crippen molar-refractivity contribution in [3.05, 3.63) is 53.3 Å². The van der Waals surface area contributed by atoms with Gasteiger partial charge in [-0.25, -0.2) is 9.97 Å². The maximum absolute atomic E-state index is 5.76. The topological polar surface area (TPSA) is 29.0 Å². The molecule has 98 valence electrons. The molecule has 1 aromatic heterocycles. The fourth-order valence-electron chi connectivity index (χ4n) is 2.45. The molecular weight excluding hydrogens is 258 g/mol. The van der Waals surface area contributed by atoms with Crippen molar-refractivity contribution in [1.29, 1.82) is 0 Å². The van der Waals surface area contributed by atoms with Crippen molar-refractivity contribution in [1.82, 2.24) is 9.97 Å². The number of benzene rings is 1. The molecule has 0 saturated carbocycles. The Bertz CT molecular complexity index is 554. The van der Waals surface area contributed by atoms with Gasteiger partial charge in [0.1, 0.15) is 0 Å². The highest BCUT2D eigenvalue weighted by atomic mass is 35.5. The second-order valence-electron chi connectivity index (χ2n) is 4.82. The Balaban J connectivity index is 1.85. The van der Waals surface area contributed by atoms with Gasteiger partial charge in [-0.2, -0.15) is 0 Å². The lowest BCUT2D eigenvalue weighted by atomic mass is 10.0. The van der Waals surface area contributed by atoms with Crippen LogP contribution in [0.3, 0.4) is 0 Å². The third-order valence-electron chi connectivity index (χ3n) is 3.48. The number of anilines is 1. The van der Waals surface area contributed by atoms with Crippen LogP contribution in [0.2, 0.25) is 0 Å². The first-order chi connectivity index (χ1) is 9.36. The van der Waals surface area contributed by atoms with Crippen molar-refractivity contribution >= 4 is 17.5 Å². The molecule has 0 N–H and O–H groups in total. The largest absolute Gasteiger partial charge is 0.336 e. The van der Waals surface area contributed by atoms with E-state index in [0.717, 1.165) is 37.4 Å². The van der Waals surface area contributed by atoms with Gasteiger partial charge in [0.2, 0.25) is 5.95 Å². The molecule has 0 saturated heterocycles. The van der Waals surface area contributed by atoms with E-state index in [1.54, 1.807) is 0 Å². The quantitative estimate of drug-likeness (QED) is 0.787. The number of hydrogen-bond acceptors (Lipinski definition) is 3. The summed E-state index contributed by atoms with van der Waals surface area (Å²) in [4.78, 5) is 11.1. The molecule has 0 spiro atoms. The van der Waals surface area contributed by atoms with E-state index in [1.807, 2.05) is 12.4 Å². The van der Waals surface area contributed by atoms with Crippen LogP contribution in [0.1, 0.15) is 23.1 Å². The molecule has 1 aromatic carbocycles. The van der Waals surface area contributed by atoms with Gasteiger partial charge in [0.25, 0.3) is 0 Å². The van der Waals surface area contributed by atoms with Crippen LogP contribution < -0.4 is 4.90 Å². The van der Waals surface area contributed by atoms with Crippen LogP contribution in [0.4, 0.5) is 5.95 Å². The van der Waals surface area contributed by atoms with Gasteiger partial charge in [-0.1, -0.05) is 24.3 Å². The first-order valence-electron chi connectivity index (χ1n) is 6.55. The van der Waals surface area contributed by atoms with Crippen LogP contribution in [-0.2, 0) is 18.8 Å². The fraction of sp³-hybridized carbons (Fsp3) is 0.333. The maximum Gasteiger partial charge on any atom is 0.225 e. The van der Waals surface area contributed by atoms with E-state index < -0.39 is 0 Å². The molecule has 4 heteroatoms. The van der Waals surface area contributed by atoms with Gasteiger partial charge in [-0.15, -0.1) is 11.6 Å². The molecule has 19 heavy (non-hydrogen) atoms. The Morgan fingerprint density at radius 1 is 1.11 bits per heavy atom. The highest BCUT2D eigenvalue weighted by molar-refractivity contribution is 6.17. The standard InChI is InChI=1S/C15H16ClN3/c16-8-12-9-17-15(18-10-12)19-7-3-6-13-4-1-2-5-14(13)11-19/h1-2,4-5,9-10H,3,6-8,11H2. The van der Waals surface area contributed by atoms with Gasteiger partial charge >= 0.3 is 0 Å². The van der Waals surface area contributed by atoms with Crippen LogP contribution in [-0.4, -0.2) is 16.5 Å². The number of aryl methyl sites for hydroxylation is 1. The Labute approximate surface area is 118 Å². The van der Waals surface area contributed by atoms with Gasteiger partial charge in [-0.05, 0) is 24.0 Å². The lowest BCUT2D eigenvalue weighted by Gasteiger charge is -2.20. The minimum absolute atomic E-state index is 0.461. The molecule has 0 aliphatic carbocycles. The average molecular weight is 274 g/mol. The number of nitrogens with zero attached hydrogens (tertiary/aromatic N) is 3. The number of halogens is 1.